The van der Waals surface area contributed by atoms with Gasteiger partial charge in [-0.1, -0.05) is 17.2 Å². The molecular formula is C26H27N3O7. The van der Waals surface area contributed by atoms with Crippen LogP contribution in [-0.2, 0) is 0 Å². The first kappa shape index (κ1) is 22.7. The lowest BCUT2D eigenvalue weighted by Gasteiger charge is -2.33. The lowest BCUT2D eigenvalue weighted by molar-refractivity contribution is 0.0599. The van der Waals surface area contributed by atoms with Gasteiger partial charge in [0.05, 0.1) is 12.5 Å². The molecule has 10 nitrogen and oxygen atoms in total. The summed E-state index contributed by atoms with van der Waals surface area (Å²) >= 11 is 0. The fraction of sp³-hybridized carbons (Fsp3) is 0.385. The van der Waals surface area contributed by atoms with E-state index in [1.807, 2.05) is 24.3 Å². The highest BCUT2D eigenvalue weighted by Gasteiger charge is 2.24. The maximum absolute atomic E-state index is 10.7. The third-order valence-electron chi connectivity index (χ3n) is 6.67. The van der Waals surface area contributed by atoms with Crippen LogP contribution in [0.3, 0.4) is 0 Å². The van der Waals surface area contributed by atoms with Gasteiger partial charge in [0.25, 0.3) is 5.89 Å². The molecule has 4 aromatic rings. The number of ether oxygens (including phenoxy) is 4. The number of β-amino-alcohol motifs (C(OH)–C–C–N with tert-alkyl or cyclic N) is 1. The molecule has 188 valence electrons. The van der Waals surface area contributed by atoms with Crippen molar-refractivity contribution in [3.63, 3.8) is 0 Å². The van der Waals surface area contributed by atoms with E-state index in [0.717, 1.165) is 42.8 Å². The van der Waals surface area contributed by atoms with E-state index in [0.29, 0.717) is 36.3 Å². The molecule has 1 N–H and O–H groups in total. The van der Waals surface area contributed by atoms with Crippen LogP contribution in [0.2, 0.25) is 0 Å². The summed E-state index contributed by atoms with van der Waals surface area (Å²) in [7, 11) is 1.45. The summed E-state index contributed by atoms with van der Waals surface area (Å²) in [6, 6.07) is 13.5. The van der Waals surface area contributed by atoms with Crippen LogP contribution in [0, 0.1) is 0 Å². The van der Waals surface area contributed by atoms with Crippen LogP contribution in [0.4, 0.5) is 0 Å². The van der Waals surface area contributed by atoms with Gasteiger partial charge in [-0.25, -0.2) is 0 Å². The van der Waals surface area contributed by atoms with E-state index >= 15 is 0 Å². The number of hydrogen-bond acceptors (Lipinski definition) is 10. The molecule has 2 aromatic carbocycles. The Kier molecular flexibility index (Phi) is 6.12. The molecule has 0 saturated carbocycles. The number of benzene rings is 2. The average Bonchev–Trinajstić information content (AvgIpc) is 3.66. The monoisotopic (exact) mass is 493 g/mol. The zero-order valence-corrected chi connectivity index (χ0v) is 19.9. The lowest BCUT2D eigenvalue weighted by atomic mass is 9.89. The highest BCUT2D eigenvalue weighted by atomic mass is 16.7. The van der Waals surface area contributed by atoms with Crippen molar-refractivity contribution in [2.45, 2.75) is 24.9 Å². The Balaban J connectivity index is 1.03. The summed E-state index contributed by atoms with van der Waals surface area (Å²) in [5, 5.41) is 19.1. The summed E-state index contributed by atoms with van der Waals surface area (Å²) in [6.45, 7) is 2.87. The van der Waals surface area contributed by atoms with Gasteiger partial charge < -0.3 is 37.8 Å². The highest BCUT2D eigenvalue weighted by molar-refractivity contribution is 5.87. The minimum atomic E-state index is -0.617. The second-order valence-electron chi connectivity index (χ2n) is 9.01. The largest absolute Gasteiger partial charge is 0.490 e. The highest BCUT2D eigenvalue weighted by Crippen LogP contribution is 2.37. The number of furan rings is 1. The molecule has 2 aliphatic rings. The first-order valence-electron chi connectivity index (χ1n) is 12.0. The Labute approximate surface area is 207 Å². The van der Waals surface area contributed by atoms with Crippen LogP contribution >= 0.6 is 0 Å². The number of methoxy groups -OCH3 is 1. The Morgan fingerprint density at radius 1 is 1.06 bits per heavy atom. The minimum absolute atomic E-state index is 0.0602. The summed E-state index contributed by atoms with van der Waals surface area (Å²) < 4.78 is 33.1. The Bertz CT molecular complexity index is 1340. The molecule has 0 aliphatic carbocycles. The number of fused-ring (bicyclic) bond motifs is 2. The maximum atomic E-state index is 10.7. The average molecular weight is 494 g/mol. The normalized spacial score (nSPS) is 16.9. The molecule has 2 aliphatic heterocycles. The van der Waals surface area contributed by atoms with E-state index in [4.69, 9.17) is 27.8 Å². The van der Waals surface area contributed by atoms with E-state index < -0.39 is 6.10 Å². The molecule has 1 saturated heterocycles. The predicted octanol–water partition coefficient (Wildman–Crippen LogP) is 3.84. The minimum Gasteiger partial charge on any atom is -0.490 e. The summed E-state index contributed by atoms with van der Waals surface area (Å²) in [4.78, 5) is 2.29. The number of aliphatic hydroxyl groups excluding tert-OH is 1. The fourth-order valence-electron chi connectivity index (χ4n) is 4.81. The van der Waals surface area contributed by atoms with Crippen molar-refractivity contribution in [1.29, 1.82) is 0 Å². The molecule has 2 aromatic heterocycles. The van der Waals surface area contributed by atoms with Crippen LogP contribution in [-0.4, -0.2) is 66.5 Å². The topological polar surface area (TPSA) is 112 Å². The van der Waals surface area contributed by atoms with Crippen LogP contribution in [0.15, 0.2) is 51.3 Å². The molecule has 1 fully saturated rings. The van der Waals surface area contributed by atoms with E-state index in [-0.39, 0.29) is 18.6 Å². The Morgan fingerprint density at radius 3 is 2.75 bits per heavy atom. The van der Waals surface area contributed by atoms with Gasteiger partial charge >= 0.3 is 6.08 Å². The SMILES string of the molecule is COc1nnc(-c2cc3c(OCC(O)CN4CCC(c5ccc6c(c5)OCO6)CC4)cccc3o2)o1. The van der Waals surface area contributed by atoms with Gasteiger partial charge in [-0.15, -0.1) is 5.10 Å². The van der Waals surface area contributed by atoms with Gasteiger partial charge in [0, 0.05) is 12.6 Å². The van der Waals surface area contributed by atoms with Crippen molar-refractivity contribution in [2.75, 3.05) is 40.1 Å². The first-order chi connectivity index (χ1) is 17.7. The fourth-order valence-corrected chi connectivity index (χ4v) is 4.81. The second-order valence-corrected chi connectivity index (χ2v) is 9.01. The number of nitrogens with zero attached hydrogens (tertiary/aromatic N) is 3. The van der Waals surface area contributed by atoms with Crippen molar-refractivity contribution in [1.82, 2.24) is 15.1 Å². The number of rotatable bonds is 8. The van der Waals surface area contributed by atoms with Gasteiger partial charge in [-0.05, 0) is 61.7 Å². The van der Waals surface area contributed by atoms with Crippen LogP contribution in [0.25, 0.3) is 22.6 Å². The molecule has 1 atom stereocenters. The van der Waals surface area contributed by atoms with E-state index in [2.05, 4.69) is 27.2 Å². The van der Waals surface area contributed by atoms with Crippen molar-refractivity contribution < 1.29 is 32.9 Å². The zero-order valence-electron chi connectivity index (χ0n) is 19.9. The lowest BCUT2D eigenvalue weighted by Crippen LogP contribution is -2.40. The van der Waals surface area contributed by atoms with Crippen molar-refractivity contribution in [3.05, 3.63) is 48.0 Å². The van der Waals surface area contributed by atoms with Crippen LogP contribution in [0.5, 0.6) is 23.3 Å². The van der Waals surface area contributed by atoms with Gasteiger partial charge in [-0.3, -0.25) is 0 Å². The Hall–Kier alpha value is -3.76. The van der Waals surface area contributed by atoms with Gasteiger partial charge in [-0.2, -0.15) is 0 Å². The van der Waals surface area contributed by atoms with E-state index in [1.165, 1.54) is 12.7 Å². The molecule has 0 bridgehead atoms. The van der Waals surface area contributed by atoms with Crippen molar-refractivity contribution >= 4 is 11.0 Å². The number of hydrogen-bond donors (Lipinski definition) is 1. The van der Waals surface area contributed by atoms with E-state index in [9.17, 15) is 5.11 Å². The van der Waals surface area contributed by atoms with Gasteiger partial charge in [0.1, 0.15) is 24.0 Å². The molecule has 36 heavy (non-hydrogen) atoms. The quantitative estimate of drug-likeness (QED) is 0.388. The van der Waals surface area contributed by atoms with Crippen molar-refractivity contribution in [3.8, 4) is 35.0 Å². The van der Waals surface area contributed by atoms with E-state index in [1.54, 1.807) is 6.07 Å². The van der Waals surface area contributed by atoms with Gasteiger partial charge in [0.2, 0.25) is 6.79 Å². The molecule has 10 heteroatoms. The standard InChI is InChI=1S/C26H27N3O7/c1-31-26-28-27-25(36-26)24-12-19-20(3-2-4-21(19)35-24)32-14-18(30)13-29-9-7-16(8-10-29)17-5-6-22-23(11-17)34-15-33-22/h2-6,11-12,16,18,30H,7-10,13-15H2,1H3. The molecule has 0 radical (unpaired) electrons. The van der Waals surface area contributed by atoms with Gasteiger partial charge in [0.15, 0.2) is 17.3 Å². The summed E-state index contributed by atoms with van der Waals surface area (Å²) in [5.74, 6) is 3.39. The Morgan fingerprint density at radius 2 is 1.92 bits per heavy atom. The smallest absolute Gasteiger partial charge is 0.414 e. The first-order valence-corrected chi connectivity index (χ1v) is 12.0. The van der Waals surface area contributed by atoms with Crippen LogP contribution in [0.1, 0.15) is 24.3 Å². The maximum Gasteiger partial charge on any atom is 0.414 e. The summed E-state index contributed by atoms with van der Waals surface area (Å²) in [5.41, 5.74) is 1.91. The molecular weight excluding hydrogens is 466 g/mol. The third kappa shape index (κ3) is 4.57. The predicted molar refractivity (Wildman–Crippen MR) is 129 cm³/mol. The number of likely N-dealkylation sites (tertiary alicyclic amines) is 1. The molecule has 0 spiro atoms. The molecule has 0 amide bonds. The second kappa shape index (κ2) is 9.71. The van der Waals surface area contributed by atoms with Crippen molar-refractivity contribution in [2.24, 2.45) is 0 Å². The number of aliphatic hydroxyl groups is 1. The summed E-state index contributed by atoms with van der Waals surface area (Å²) in [6.07, 6.45) is 1.51. The number of piperidine rings is 1. The van der Waals surface area contributed by atoms with Crippen LogP contribution < -0.4 is 18.9 Å². The third-order valence-corrected chi connectivity index (χ3v) is 6.67. The molecule has 1 unspecified atom stereocenters. The number of aromatic nitrogens is 2. The molecule has 4 heterocycles. The molecule has 6 rings (SSSR count). The zero-order chi connectivity index (χ0) is 24.5.